The van der Waals surface area contributed by atoms with Crippen molar-refractivity contribution in [3.05, 3.63) is 0 Å². The fourth-order valence-electron chi connectivity index (χ4n) is 1.63. The highest BCUT2D eigenvalue weighted by Crippen LogP contribution is 2.06. The summed E-state index contributed by atoms with van der Waals surface area (Å²) in [5.74, 6) is -1.70. The van der Waals surface area contributed by atoms with Crippen molar-refractivity contribution < 1.29 is 19.7 Å². The second-order valence-corrected chi connectivity index (χ2v) is 5.00. The van der Waals surface area contributed by atoms with Gasteiger partial charge in [-0.3, -0.25) is 0 Å². The van der Waals surface area contributed by atoms with E-state index in [4.69, 9.17) is 19.7 Å². The molecule has 110 valence electrons. The van der Waals surface area contributed by atoms with Crippen LogP contribution in [0.3, 0.4) is 0 Å². The van der Waals surface area contributed by atoms with E-state index >= 15 is 0 Å². The van der Waals surface area contributed by atoms with E-state index in [2.05, 4.69) is 6.92 Å². The molecule has 0 atom stereocenters. The van der Waals surface area contributed by atoms with Crippen molar-refractivity contribution in [2.45, 2.75) is 64.6 Å². The lowest BCUT2D eigenvalue weighted by Crippen LogP contribution is -2.29. The van der Waals surface area contributed by atoms with Crippen LogP contribution in [0.4, 0.5) is 0 Å². The lowest BCUT2D eigenvalue weighted by atomic mass is 10.1. The Morgan fingerprint density at radius 3 is 1.78 bits per heavy atom. The van der Waals surface area contributed by atoms with Gasteiger partial charge in [0.2, 0.25) is 0 Å². The van der Waals surface area contributed by atoms with E-state index in [1.807, 2.05) is 0 Å². The number of hydrogen-bond donors (Lipinski definition) is 2. The van der Waals surface area contributed by atoms with E-state index in [1.54, 1.807) is 0 Å². The molecule has 0 aliphatic rings. The van der Waals surface area contributed by atoms with Gasteiger partial charge >= 0.3 is 0 Å². The van der Waals surface area contributed by atoms with E-state index < -0.39 is 5.79 Å². The maximum atomic E-state index is 9.00. The van der Waals surface area contributed by atoms with Crippen LogP contribution in [0.25, 0.3) is 0 Å². The minimum absolute atomic E-state index is 0.0121. The monoisotopic (exact) mass is 262 g/mol. The van der Waals surface area contributed by atoms with Crippen LogP contribution in [0.15, 0.2) is 0 Å². The number of hydrogen-bond acceptors (Lipinski definition) is 4. The van der Waals surface area contributed by atoms with Crippen LogP contribution >= 0.6 is 0 Å². The molecule has 0 aromatic carbocycles. The van der Waals surface area contributed by atoms with Crippen LogP contribution in [-0.4, -0.2) is 42.4 Å². The predicted molar refractivity (Wildman–Crippen MR) is 72.5 cm³/mol. The molecule has 0 aromatic rings. The average molecular weight is 262 g/mol. The van der Waals surface area contributed by atoms with Crippen molar-refractivity contribution >= 4 is 0 Å². The smallest absolute Gasteiger partial charge is 0.183 e. The zero-order valence-electron chi connectivity index (χ0n) is 12.0. The molecule has 18 heavy (non-hydrogen) atoms. The first-order chi connectivity index (χ1) is 8.56. The Morgan fingerprint density at radius 1 is 0.778 bits per heavy atom. The largest absolute Gasteiger partial charge is 0.381 e. The van der Waals surface area contributed by atoms with Gasteiger partial charge in [-0.2, -0.15) is 0 Å². The lowest BCUT2D eigenvalue weighted by molar-refractivity contribution is -0.183. The molecule has 0 bridgehead atoms. The highest BCUT2D eigenvalue weighted by Gasteiger charge is 2.13. The molecular weight excluding hydrogens is 232 g/mol. The van der Waals surface area contributed by atoms with Gasteiger partial charge in [0, 0.05) is 19.8 Å². The number of unbranched alkanes of at least 4 members (excludes halogenated alkanes) is 5. The summed E-state index contributed by atoms with van der Waals surface area (Å²) in [6.45, 7) is 5.82. The molecule has 0 aliphatic carbocycles. The molecule has 2 N–H and O–H groups in total. The summed E-state index contributed by atoms with van der Waals surface area (Å²) < 4.78 is 10.6. The normalized spacial score (nSPS) is 12.0. The maximum Gasteiger partial charge on any atom is 0.183 e. The Hall–Kier alpha value is -0.160. The lowest BCUT2D eigenvalue weighted by Gasteiger charge is -2.15. The molecule has 0 aliphatic heterocycles. The Bertz CT molecular complexity index is 166. The van der Waals surface area contributed by atoms with Gasteiger partial charge in [0.1, 0.15) is 0 Å². The first kappa shape index (κ1) is 17.8. The van der Waals surface area contributed by atoms with Gasteiger partial charge < -0.3 is 19.7 Å². The summed E-state index contributed by atoms with van der Waals surface area (Å²) in [7, 11) is 0. The quantitative estimate of drug-likeness (QED) is 0.395. The van der Waals surface area contributed by atoms with Crippen LogP contribution < -0.4 is 0 Å². The van der Waals surface area contributed by atoms with Crippen molar-refractivity contribution in [1.82, 2.24) is 0 Å². The van der Waals surface area contributed by atoms with Gasteiger partial charge in [0.15, 0.2) is 5.79 Å². The Kier molecular flexibility index (Phi) is 11.8. The van der Waals surface area contributed by atoms with Crippen LogP contribution in [0, 0.1) is 0 Å². The third-order valence-electron chi connectivity index (χ3n) is 2.55. The molecule has 0 unspecified atom stereocenters. The van der Waals surface area contributed by atoms with Crippen LogP contribution in [0.1, 0.15) is 58.8 Å². The maximum absolute atomic E-state index is 9.00. The number of rotatable bonds is 13. The van der Waals surface area contributed by atoms with Crippen LogP contribution in [0.2, 0.25) is 0 Å². The zero-order valence-corrected chi connectivity index (χ0v) is 12.0. The number of ether oxygens (including phenoxy) is 2. The van der Waals surface area contributed by atoms with Gasteiger partial charge in [0.05, 0.1) is 6.61 Å². The van der Waals surface area contributed by atoms with Gasteiger partial charge in [-0.15, -0.1) is 0 Å². The van der Waals surface area contributed by atoms with E-state index in [9.17, 15) is 0 Å². The molecule has 0 amide bonds. The van der Waals surface area contributed by atoms with E-state index in [0.717, 1.165) is 38.9 Å². The molecular formula is C14H30O4. The standard InChI is InChI=1S/C14H30O4/c1-3-10-17-11-8-6-4-5-7-9-12-18-13-14(2,15)16/h15-16H,3-13H2,1-2H3. The van der Waals surface area contributed by atoms with Gasteiger partial charge in [-0.05, 0) is 26.2 Å². The Balaban J connectivity index is 2.99. The predicted octanol–water partition coefficient (Wildman–Crippen LogP) is 2.47. The number of aliphatic hydroxyl groups is 2. The third kappa shape index (κ3) is 15.8. The second-order valence-electron chi connectivity index (χ2n) is 5.00. The average Bonchev–Trinajstić information content (AvgIpc) is 2.29. The molecule has 0 saturated carbocycles. The van der Waals surface area contributed by atoms with Crippen molar-refractivity contribution in [3.8, 4) is 0 Å². The third-order valence-corrected chi connectivity index (χ3v) is 2.55. The molecule has 4 heteroatoms. The van der Waals surface area contributed by atoms with Crippen LogP contribution in [-0.2, 0) is 9.47 Å². The van der Waals surface area contributed by atoms with Crippen LogP contribution in [0.5, 0.6) is 0 Å². The molecule has 0 spiro atoms. The van der Waals surface area contributed by atoms with Gasteiger partial charge in [-0.1, -0.05) is 32.6 Å². The highest BCUT2D eigenvalue weighted by molar-refractivity contribution is 4.52. The minimum atomic E-state index is -1.70. The van der Waals surface area contributed by atoms with Gasteiger partial charge in [-0.25, -0.2) is 0 Å². The second kappa shape index (κ2) is 11.9. The summed E-state index contributed by atoms with van der Waals surface area (Å²) in [6, 6.07) is 0. The molecule has 0 heterocycles. The summed E-state index contributed by atoms with van der Waals surface area (Å²) >= 11 is 0. The topological polar surface area (TPSA) is 58.9 Å². The summed E-state index contributed by atoms with van der Waals surface area (Å²) in [4.78, 5) is 0. The van der Waals surface area contributed by atoms with Gasteiger partial charge in [0.25, 0.3) is 0 Å². The molecule has 0 rings (SSSR count). The van der Waals surface area contributed by atoms with E-state index in [-0.39, 0.29) is 6.61 Å². The van der Waals surface area contributed by atoms with Crippen molar-refractivity contribution in [1.29, 1.82) is 0 Å². The molecule has 4 nitrogen and oxygen atoms in total. The Labute approximate surface area is 111 Å². The summed E-state index contributed by atoms with van der Waals surface area (Å²) in [5.41, 5.74) is 0. The Morgan fingerprint density at radius 2 is 1.28 bits per heavy atom. The van der Waals surface area contributed by atoms with E-state index in [0.29, 0.717) is 6.61 Å². The minimum Gasteiger partial charge on any atom is -0.381 e. The van der Waals surface area contributed by atoms with E-state index in [1.165, 1.54) is 26.2 Å². The van der Waals surface area contributed by atoms with Crippen molar-refractivity contribution in [2.24, 2.45) is 0 Å². The van der Waals surface area contributed by atoms with Crippen molar-refractivity contribution in [3.63, 3.8) is 0 Å². The molecule has 0 saturated heterocycles. The fourth-order valence-corrected chi connectivity index (χ4v) is 1.63. The summed E-state index contributed by atoms with van der Waals surface area (Å²) in [6.07, 6.45) is 8.08. The SMILES string of the molecule is CCCOCCCCCCCCOCC(C)(O)O. The molecule has 0 radical (unpaired) electrons. The molecule has 0 aromatic heterocycles. The summed E-state index contributed by atoms with van der Waals surface area (Å²) in [5, 5.41) is 18.0. The molecule has 0 fully saturated rings. The first-order valence-corrected chi connectivity index (χ1v) is 7.16. The first-order valence-electron chi connectivity index (χ1n) is 7.16. The van der Waals surface area contributed by atoms with Crippen molar-refractivity contribution in [2.75, 3.05) is 26.4 Å². The highest BCUT2D eigenvalue weighted by atomic mass is 16.6. The zero-order chi connectivity index (χ0) is 13.7. The fraction of sp³-hybridized carbons (Fsp3) is 1.00.